The number of aromatic nitrogens is 4. The Morgan fingerprint density at radius 3 is 2.64 bits per heavy atom. The van der Waals surface area contributed by atoms with E-state index in [0.29, 0.717) is 25.2 Å². The molecule has 0 amide bonds. The fraction of sp³-hybridized carbons (Fsp3) is 0.423. The maximum absolute atomic E-state index is 13.8. The van der Waals surface area contributed by atoms with E-state index in [1.54, 1.807) is 16.1 Å². The number of carbonyl (C=O) groups excluding carboxylic acids is 1. The SMILES string of the molecule is CCC[C@@H](CC(=O)OCC)n1c(=O)n(Cc2cn(C)c3cccc(C)c23)c2ccc(C)nc21. The second kappa shape index (κ2) is 9.25. The van der Waals surface area contributed by atoms with Gasteiger partial charge in [0.1, 0.15) is 0 Å². The van der Waals surface area contributed by atoms with E-state index in [9.17, 15) is 9.59 Å². The molecular formula is C26H32N4O3. The summed E-state index contributed by atoms with van der Waals surface area (Å²) in [6.45, 7) is 8.63. The van der Waals surface area contributed by atoms with Gasteiger partial charge in [-0.25, -0.2) is 9.78 Å². The van der Waals surface area contributed by atoms with Crippen LogP contribution >= 0.6 is 0 Å². The van der Waals surface area contributed by atoms with Gasteiger partial charge in [-0.2, -0.15) is 0 Å². The Labute approximate surface area is 193 Å². The van der Waals surface area contributed by atoms with Crippen LogP contribution in [0.25, 0.3) is 22.1 Å². The number of hydrogen-bond donors (Lipinski definition) is 0. The van der Waals surface area contributed by atoms with Gasteiger partial charge in [-0.05, 0) is 56.5 Å². The minimum atomic E-state index is -0.297. The second-order valence-electron chi connectivity index (χ2n) is 8.72. The van der Waals surface area contributed by atoms with Crippen molar-refractivity contribution in [3.63, 3.8) is 0 Å². The van der Waals surface area contributed by atoms with Crippen molar-refractivity contribution >= 4 is 28.0 Å². The zero-order valence-electron chi connectivity index (χ0n) is 20.1. The Bertz CT molecular complexity index is 1380. The van der Waals surface area contributed by atoms with Crippen LogP contribution in [0.1, 0.15) is 56.0 Å². The Morgan fingerprint density at radius 1 is 1.12 bits per heavy atom. The molecule has 7 nitrogen and oxygen atoms in total. The van der Waals surface area contributed by atoms with Crippen molar-refractivity contribution in [1.29, 1.82) is 0 Å². The number of fused-ring (bicyclic) bond motifs is 2. The first kappa shape index (κ1) is 22.8. The zero-order chi connectivity index (χ0) is 23.7. The molecule has 0 aliphatic carbocycles. The number of imidazole rings is 1. The van der Waals surface area contributed by atoms with Gasteiger partial charge in [-0.1, -0.05) is 25.5 Å². The number of hydrogen-bond acceptors (Lipinski definition) is 4. The first-order chi connectivity index (χ1) is 15.8. The molecule has 0 fully saturated rings. The van der Waals surface area contributed by atoms with Crippen molar-refractivity contribution in [1.82, 2.24) is 18.7 Å². The lowest BCUT2D eigenvalue weighted by Gasteiger charge is -2.17. The summed E-state index contributed by atoms with van der Waals surface area (Å²) in [6, 6.07) is 9.84. The first-order valence-electron chi connectivity index (χ1n) is 11.6. The fourth-order valence-electron chi connectivity index (χ4n) is 4.82. The third-order valence-electron chi connectivity index (χ3n) is 6.27. The average molecular weight is 449 g/mol. The van der Waals surface area contributed by atoms with Crippen molar-refractivity contribution in [3.8, 4) is 0 Å². The van der Waals surface area contributed by atoms with Crippen LogP contribution in [0.15, 0.2) is 41.3 Å². The minimum Gasteiger partial charge on any atom is -0.466 e. The quantitative estimate of drug-likeness (QED) is 0.368. The highest BCUT2D eigenvalue weighted by atomic mass is 16.5. The predicted molar refractivity (Wildman–Crippen MR) is 131 cm³/mol. The molecule has 0 saturated carbocycles. The molecule has 3 heterocycles. The van der Waals surface area contributed by atoms with Gasteiger partial charge >= 0.3 is 11.7 Å². The van der Waals surface area contributed by atoms with Gasteiger partial charge < -0.3 is 9.30 Å². The van der Waals surface area contributed by atoms with Crippen LogP contribution in [-0.4, -0.2) is 31.3 Å². The Hall–Kier alpha value is -3.35. The topological polar surface area (TPSA) is 71.0 Å². The van der Waals surface area contributed by atoms with Gasteiger partial charge in [0.25, 0.3) is 0 Å². The summed E-state index contributed by atoms with van der Waals surface area (Å²) in [5.41, 5.74) is 5.50. The van der Waals surface area contributed by atoms with Crippen LogP contribution in [0.4, 0.5) is 0 Å². The summed E-state index contributed by atoms with van der Waals surface area (Å²) >= 11 is 0. The highest BCUT2D eigenvalue weighted by molar-refractivity contribution is 5.87. The normalized spacial score (nSPS) is 12.5. The number of esters is 1. The van der Waals surface area contributed by atoms with E-state index in [1.807, 2.05) is 26.1 Å². The van der Waals surface area contributed by atoms with Crippen LogP contribution in [0.5, 0.6) is 0 Å². The molecule has 1 aromatic carbocycles. The smallest absolute Gasteiger partial charge is 0.330 e. The second-order valence-corrected chi connectivity index (χ2v) is 8.72. The highest BCUT2D eigenvalue weighted by Crippen LogP contribution is 2.27. The minimum absolute atomic E-state index is 0.142. The third-order valence-corrected chi connectivity index (χ3v) is 6.27. The lowest BCUT2D eigenvalue weighted by molar-refractivity contribution is -0.144. The van der Waals surface area contributed by atoms with Crippen molar-refractivity contribution < 1.29 is 9.53 Å². The molecule has 0 unspecified atom stereocenters. The molecule has 0 aliphatic heterocycles. The number of rotatable bonds is 8. The van der Waals surface area contributed by atoms with Crippen LogP contribution in [-0.2, 0) is 23.1 Å². The molecule has 174 valence electrons. The number of nitrogens with zero attached hydrogens (tertiary/aromatic N) is 4. The number of benzene rings is 1. The van der Waals surface area contributed by atoms with E-state index in [4.69, 9.17) is 9.72 Å². The maximum Gasteiger partial charge on any atom is 0.330 e. The zero-order valence-corrected chi connectivity index (χ0v) is 20.1. The summed E-state index contributed by atoms with van der Waals surface area (Å²) in [5.74, 6) is -0.291. The average Bonchev–Trinajstić information content (AvgIpc) is 3.23. The predicted octanol–water partition coefficient (Wildman–Crippen LogP) is 4.65. The third kappa shape index (κ3) is 4.19. The van der Waals surface area contributed by atoms with E-state index in [-0.39, 0.29) is 24.1 Å². The highest BCUT2D eigenvalue weighted by Gasteiger charge is 2.25. The van der Waals surface area contributed by atoms with E-state index >= 15 is 0 Å². The lowest BCUT2D eigenvalue weighted by atomic mass is 10.1. The first-order valence-corrected chi connectivity index (χ1v) is 11.6. The van der Waals surface area contributed by atoms with Crippen molar-refractivity contribution in [2.75, 3.05) is 6.61 Å². The molecule has 3 aromatic heterocycles. The summed E-state index contributed by atoms with van der Waals surface area (Å²) in [5, 5.41) is 1.17. The van der Waals surface area contributed by atoms with Crippen LogP contribution in [0.2, 0.25) is 0 Å². The number of carbonyl (C=O) groups is 1. The summed E-state index contributed by atoms with van der Waals surface area (Å²) in [4.78, 5) is 30.9. The Balaban J connectivity index is 1.88. The summed E-state index contributed by atoms with van der Waals surface area (Å²) < 4.78 is 10.8. The lowest BCUT2D eigenvalue weighted by Crippen LogP contribution is -2.29. The summed E-state index contributed by atoms with van der Waals surface area (Å²) in [7, 11) is 2.03. The molecule has 0 saturated heterocycles. The molecule has 0 aliphatic rings. The van der Waals surface area contributed by atoms with E-state index in [1.165, 1.54) is 10.9 Å². The van der Waals surface area contributed by atoms with Crippen molar-refractivity contribution in [2.24, 2.45) is 7.05 Å². The van der Waals surface area contributed by atoms with Crippen molar-refractivity contribution in [3.05, 3.63) is 63.8 Å². The summed E-state index contributed by atoms with van der Waals surface area (Å²) in [6.07, 6.45) is 3.79. The van der Waals surface area contributed by atoms with E-state index in [2.05, 4.69) is 42.8 Å². The van der Waals surface area contributed by atoms with Gasteiger partial charge in [0.05, 0.1) is 31.1 Å². The van der Waals surface area contributed by atoms with E-state index in [0.717, 1.165) is 28.7 Å². The van der Waals surface area contributed by atoms with Gasteiger partial charge in [0, 0.05) is 29.8 Å². The fourth-order valence-corrected chi connectivity index (χ4v) is 4.82. The van der Waals surface area contributed by atoms with Crippen LogP contribution in [0.3, 0.4) is 0 Å². The largest absolute Gasteiger partial charge is 0.466 e. The van der Waals surface area contributed by atoms with Gasteiger partial charge in [-0.3, -0.25) is 13.9 Å². The molecule has 33 heavy (non-hydrogen) atoms. The number of aryl methyl sites for hydroxylation is 3. The standard InChI is InChI=1S/C26H32N4O3/c1-6-9-20(14-23(31)33-7-2)30-25-22(13-12-18(4)27-25)29(26(30)32)16-19-15-28(5)21-11-8-10-17(3)24(19)21/h8,10-13,15,20H,6-7,9,14,16H2,1-5H3/t20-/m0/s1. The molecule has 0 N–H and O–H groups in total. The van der Waals surface area contributed by atoms with Crippen molar-refractivity contribution in [2.45, 2.75) is 59.5 Å². The molecule has 1 atom stereocenters. The monoisotopic (exact) mass is 448 g/mol. The molecule has 4 rings (SSSR count). The maximum atomic E-state index is 13.8. The Morgan fingerprint density at radius 2 is 1.91 bits per heavy atom. The van der Waals surface area contributed by atoms with Gasteiger partial charge in [0.15, 0.2) is 5.65 Å². The molecule has 4 aromatic rings. The van der Waals surface area contributed by atoms with Gasteiger partial charge in [0.2, 0.25) is 0 Å². The Kier molecular flexibility index (Phi) is 6.40. The van der Waals surface area contributed by atoms with Crippen LogP contribution in [0, 0.1) is 13.8 Å². The molecule has 0 bridgehead atoms. The van der Waals surface area contributed by atoms with Gasteiger partial charge in [-0.15, -0.1) is 0 Å². The molecule has 0 spiro atoms. The van der Waals surface area contributed by atoms with E-state index < -0.39 is 0 Å². The number of pyridine rings is 1. The molecular weight excluding hydrogens is 416 g/mol. The van der Waals surface area contributed by atoms with Crippen LogP contribution < -0.4 is 5.69 Å². The number of ether oxygens (including phenoxy) is 1. The molecule has 0 radical (unpaired) electrons. The molecule has 7 heteroatoms.